The van der Waals surface area contributed by atoms with Gasteiger partial charge in [0.1, 0.15) is 18.7 Å². The van der Waals surface area contributed by atoms with Crippen molar-refractivity contribution >= 4 is 47.4 Å². The van der Waals surface area contributed by atoms with Crippen molar-refractivity contribution in [1.29, 1.82) is 0 Å². The molecule has 0 aliphatic heterocycles. The van der Waals surface area contributed by atoms with Crippen LogP contribution in [-0.2, 0) is 41.0 Å². The number of carbonyl (C=O) groups excluding carboxylic acids is 4. The van der Waals surface area contributed by atoms with Crippen LogP contribution in [0.25, 0.3) is 0 Å². The average Bonchev–Trinajstić information content (AvgIpc) is 3.24. The molecule has 55 heavy (non-hydrogen) atoms. The fourth-order valence-electron chi connectivity index (χ4n) is 5.93. The molecule has 0 heterocycles. The van der Waals surface area contributed by atoms with Crippen molar-refractivity contribution in [3.05, 3.63) is 179 Å². The number of hydrogen-bond donors (Lipinski definition) is 3. The third-order valence-electron chi connectivity index (χ3n) is 8.69. The molecule has 0 saturated carbocycles. The van der Waals surface area contributed by atoms with Crippen LogP contribution in [0.15, 0.2) is 152 Å². The SMILES string of the molecule is COC(=O)C(CSC(c1ccccc1)(c1ccccc1)c1ccccc1)NC(=O)C(CSCc1ccccc1)NC(=O)CCNC(=O)OCc1ccccc1. The zero-order chi connectivity index (χ0) is 38.7. The van der Waals surface area contributed by atoms with Gasteiger partial charge in [-0.1, -0.05) is 152 Å². The fourth-order valence-corrected chi connectivity index (χ4v) is 8.49. The second-order valence-electron chi connectivity index (χ2n) is 12.5. The highest BCUT2D eigenvalue weighted by Crippen LogP contribution is 2.48. The van der Waals surface area contributed by atoms with Gasteiger partial charge in [-0.25, -0.2) is 9.59 Å². The Labute approximate surface area is 331 Å². The zero-order valence-corrected chi connectivity index (χ0v) is 32.2. The summed E-state index contributed by atoms with van der Waals surface area (Å²) >= 11 is 3.00. The maximum Gasteiger partial charge on any atom is 0.407 e. The first-order valence-electron chi connectivity index (χ1n) is 17.9. The van der Waals surface area contributed by atoms with Crippen molar-refractivity contribution in [3.8, 4) is 0 Å². The summed E-state index contributed by atoms with van der Waals surface area (Å²) in [6, 6.07) is 47.2. The molecule has 2 unspecified atom stereocenters. The number of alkyl carbamates (subject to hydrolysis) is 1. The van der Waals surface area contributed by atoms with Crippen molar-refractivity contribution in [2.45, 2.75) is 35.6 Å². The largest absolute Gasteiger partial charge is 0.467 e. The third-order valence-corrected chi connectivity index (χ3v) is 11.4. The lowest BCUT2D eigenvalue weighted by molar-refractivity contribution is -0.144. The van der Waals surface area contributed by atoms with E-state index in [1.54, 1.807) is 0 Å². The maximum atomic E-state index is 14.0. The van der Waals surface area contributed by atoms with E-state index in [0.717, 1.165) is 27.8 Å². The number of thioether (sulfide) groups is 2. The maximum absolute atomic E-state index is 14.0. The number of rotatable bonds is 19. The quantitative estimate of drug-likeness (QED) is 0.0600. The molecule has 0 aliphatic rings. The van der Waals surface area contributed by atoms with Gasteiger partial charge in [0, 0.05) is 30.2 Å². The highest BCUT2D eigenvalue weighted by atomic mass is 32.2. The van der Waals surface area contributed by atoms with Gasteiger partial charge in [-0.15, -0.1) is 11.8 Å². The molecule has 0 aromatic heterocycles. The van der Waals surface area contributed by atoms with Crippen LogP contribution in [-0.4, -0.2) is 61.1 Å². The Morgan fingerprint density at radius 3 is 1.62 bits per heavy atom. The standard InChI is InChI=1S/C44H45N3O6S2/c1-52-42(50)39(32-55-44(35-21-11-4-12-22-35,36-23-13-5-14-24-36)37-25-15-6-16-26-37)47-41(49)38(31-54-30-34-19-9-3-10-20-34)46-40(48)27-28-45-43(51)53-29-33-17-7-2-8-18-33/h2-26,38-39H,27-32H2,1H3,(H,45,51)(H,46,48)(H,47,49). The zero-order valence-electron chi connectivity index (χ0n) is 30.6. The van der Waals surface area contributed by atoms with E-state index in [2.05, 4.69) is 52.3 Å². The normalized spacial score (nSPS) is 12.1. The minimum absolute atomic E-state index is 0.00686. The number of carbonyl (C=O) groups is 4. The van der Waals surface area contributed by atoms with E-state index >= 15 is 0 Å². The van der Waals surface area contributed by atoms with Crippen molar-refractivity contribution < 1.29 is 28.7 Å². The molecule has 284 valence electrons. The molecule has 5 rings (SSSR count). The predicted octanol–water partition coefficient (Wildman–Crippen LogP) is 7.10. The third kappa shape index (κ3) is 12.0. The molecule has 0 radical (unpaired) electrons. The first-order chi connectivity index (χ1) is 26.9. The highest BCUT2D eigenvalue weighted by molar-refractivity contribution is 8.00. The summed E-state index contributed by atoms with van der Waals surface area (Å²) < 4.78 is 9.70. The van der Waals surface area contributed by atoms with Crippen molar-refractivity contribution in [1.82, 2.24) is 16.0 Å². The Balaban J connectivity index is 1.30. The highest BCUT2D eigenvalue weighted by Gasteiger charge is 2.39. The molecule has 0 saturated heterocycles. The molecule has 5 aromatic rings. The summed E-state index contributed by atoms with van der Waals surface area (Å²) in [6.45, 7) is 0.107. The number of benzene rings is 5. The van der Waals surface area contributed by atoms with Crippen LogP contribution >= 0.6 is 23.5 Å². The molecule has 0 aliphatic carbocycles. The smallest absolute Gasteiger partial charge is 0.407 e. The van der Waals surface area contributed by atoms with Gasteiger partial charge in [0.15, 0.2) is 0 Å². The van der Waals surface area contributed by atoms with E-state index in [1.165, 1.54) is 30.6 Å². The van der Waals surface area contributed by atoms with E-state index in [4.69, 9.17) is 9.47 Å². The van der Waals surface area contributed by atoms with Crippen LogP contribution in [0.5, 0.6) is 0 Å². The summed E-state index contributed by atoms with van der Waals surface area (Å²) in [5.41, 5.74) is 4.93. The minimum atomic E-state index is -1.04. The van der Waals surface area contributed by atoms with Crippen LogP contribution in [0.2, 0.25) is 0 Å². The molecule has 0 fully saturated rings. The second kappa shape index (κ2) is 21.4. The molecule has 0 spiro atoms. The lowest BCUT2D eigenvalue weighted by Gasteiger charge is -2.36. The predicted molar refractivity (Wildman–Crippen MR) is 219 cm³/mol. The number of ether oxygens (including phenoxy) is 2. The summed E-state index contributed by atoms with van der Waals surface area (Å²) in [5.74, 6) is -0.566. The monoisotopic (exact) mass is 775 g/mol. The van der Waals surface area contributed by atoms with Gasteiger partial charge >= 0.3 is 12.1 Å². The van der Waals surface area contributed by atoms with Crippen LogP contribution in [0, 0.1) is 0 Å². The van der Waals surface area contributed by atoms with E-state index in [1.807, 2.05) is 115 Å². The number of esters is 1. The molecule has 9 nitrogen and oxygen atoms in total. The fraction of sp³-hybridized carbons (Fsp3) is 0.227. The first kappa shape index (κ1) is 40.7. The minimum Gasteiger partial charge on any atom is -0.467 e. The van der Waals surface area contributed by atoms with Crippen molar-refractivity contribution in [2.75, 3.05) is 25.2 Å². The Bertz CT molecular complexity index is 1840. The first-order valence-corrected chi connectivity index (χ1v) is 20.1. The second-order valence-corrected chi connectivity index (χ2v) is 14.8. The van der Waals surface area contributed by atoms with Gasteiger partial charge < -0.3 is 25.4 Å². The lowest BCUT2D eigenvalue weighted by Crippen LogP contribution is -2.54. The molecule has 3 amide bonds. The van der Waals surface area contributed by atoms with Gasteiger partial charge in [-0.2, -0.15) is 11.8 Å². The van der Waals surface area contributed by atoms with Gasteiger partial charge in [-0.3, -0.25) is 9.59 Å². The van der Waals surface area contributed by atoms with Gasteiger partial charge in [0.25, 0.3) is 0 Å². The Morgan fingerprint density at radius 2 is 1.11 bits per heavy atom. The molecule has 3 N–H and O–H groups in total. The van der Waals surface area contributed by atoms with Gasteiger partial charge in [-0.05, 0) is 27.8 Å². The summed E-state index contributed by atoms with van der Waals surface area (Å²) in [6.07, 6.45) is -0.738. The van der Waals surface area contributed by atoms with E-state index in [-0.39, 0.29) is 31.1 Å². The van der Waals surface area contributed by atoms with Crippen molar-refractivity contribution in [2.24, 2.45) is 0 Å². The van der Waals surface area contributed by atoms with Gasteiger partial charge in [0.2, 0.25) is 11.8 Å². The van der Waals surface area contributed by atoms with E-state index in [0.29, 0.717) is 5.75 Å². The molecule has 11 heteroatoms. The van der Waals surface area contributed by atoms with Gasteiger partial charge in [0.05, 0.1) is 11.9 Å². The molecule has 0 bridgehead atoms. The van der Waals surface area contributed by atoms with Crippen LogP contribution < -0.4 is 16.0 Å². The number of nitrogens with one attached hydrogen (secondary N) is 3. The van der Waals surface area contributed by atoms with E-state index < -0.39 is 40.7 Å². The number of hydrogen-bond acceptors (Lipinski definition) is 8. The molecular formula is C44H45N3O6S2. The Hall–Kier alpha value is -5.52. The summed E-state index contributed by atoms with van der Waals surface area (Å²) in [4.78, 5) is 52.8. The molecule has 5 aromatic carbocycles. The summed E-state index contributed by atoms with van der Waals surface area (Å²) in [7, 11) is 1.29. The molecular weight excluding hydrogens is 731 g/mol. The molecule has 2 atom stereocenters. The Kier molecular flexibility index (Phi) is 15.8. The van der Waals surface area contributed by atoms with Crippen LogP contribution in [0.4, 0.5) is 4.79 Å². The van der Waals surface area contributed by atoms with Crippen molar-refractivity contribution in [3.63, 3.8) is 0 Å². The number of methoxy groups -OCH3 is 1. The van der Waals surface area contributed by atoms with Crippen LogP contribution in [0.1, 0.15) is 34.2 Å². The summed E-state index contributed by atoms with van der Waals surface area (Å²) in [5, 5.41) is 8.31. The average molecular weight is 776 g/mol. The van der Waals surface area contributed by atoms with Crippen LogP contribution in [0.3, 0.4) is 0 Å². The number of amides is 3. The Morgan fingerprint density at radius 1 is 0.618 bits per heavy atom. The van der Waals surface area contributed by atoms with E-state index in [9.17, 15) is 19.2 Å². The lowest BCUT2D eigenvalue weighted by atomic mass is 9.84. The topological polar surface area (TPSA) is 123 Å².